The number of benzene rings is 2. The van der Waals surface area contributed by atoms with Gasteiger partial charge in [-0.15, -0.1) is 0 Å². The molecule has 306 valence electrons. The van der Waals surface area contributed by atoms with Crippen LogP contribution in [0.1, 0.15) is 40.5 Å². The molecule has 4 heterocycles. The van der Waals surface area contributed by atoms with Crippen molar-refractivity contribution in [2.75, 3.05) is 50.0 Å². The molecule has 0 aliphatic carbocycles. The zero-order chi connectivity index (χ0) is 41.0. The van der Waals surface area contributed by atoms with Gasteiger partial charge in [0.1, 0.15) is 37.8 Å². The van der Waals surface area contributed by atoms with Crippen LogP contribution in [0.5, 0.6) is 11.5 Å². The van der Waals surface area contributed by atoms with Gasteiger partial charge in [-0.2, -0.15) is 9.97 Å². The van der Waals surface area contributed by atoms with E-state index in [1.165, 1.54) is 12.7 Å². The van der Waals surface area contributed by atoms with Crippen LogP contribution in [0.3, 0.4) is 0 Å². The maximum atomic E-state index is 12.8. The number of nitrogens with zero attached hydrogens (tertiary/aromatic N) is 6. The summed E-state index contributed by atoms with van der Waals surface area (Å²) in [6.45, 7) is 10.6. The first kappa shape index (κ1) is 40.9. The largest absolute Gasteiger partial charge is 0.492 e. The number of H-pyrrole nitrogens is 2. The minimum Gasteiger partial charge on any atom is -0.492 e. The van der Waals surface area contributed by atoms with E-state index in [1.807, 2.05) is 48.5 Å². The van der Waals surface area contributed by atoms with Crippen molar-refractivity contribution < 1.29 is 19.1 Å². The Morgan fingerprint density at radius 3 is 1.53 bits per heavy atom. The number of anilines is 2. The Kier molecular flexibility index (Phi) is 13.7. The van der Waals surface area contributed by atoms with Crippen molar-refractivity contribution in [1.29, 1.82) is 0 Å². The summed E-state index contributed by atoms with van der Waals surface area (Å²) in [5.74, 6) is 2.20. The summed E-state index contributed by atoms with van der Waals surface area (Å²) in [5, 5.41) is 12.0. The number of ether oxygens (including phenoxy) is 2. The molecule has 4 aromatic heterocycles. The number of aromatic amines is 2. The first-order valence-corrected chi connectivity index (χ1v) is 19.5. The lowest BCUT2D eigenvalue weighted by Gasteiger charge is -2.12. The number of aromatic nitrogens is 8. The number of nitrogens with one attached hydrogen (secondary N) is 6. The molecule has 18 nitrogen and oxygen atoms in total. The standard InChI is InChI=1S/C40H50N12O6/c1-5-25(3)19-43-39-47-35-33(37(55)49-39)45-23-51(35)21-31(53)41-13-15-57-29-11-7-9-27(17-29)28-10-8-12-30(18-28)58-16-14-42-32(54)22-52-24-46-34-36(52)48-40(50-38(34)56)44-20-26(4)6-2/h7-12,17-18,23-26H,5-6,13-16,19-22H2,1-4H3,(H,41,53)(H,42,54)(H2,43,47,49,55)(H2,44,48,50,56). The minimum absolute atomic E-state index is 0.0560. The Labute approximate surface area is 334 Å². The molecule has 0 aliphatic rings. The highest BCUT2D eigenvalue weighted by atomic mass is 16.5. The number of hydrogen-bond acceptors (Lipinski definition) is 12. The van der Waals surface area contributed by atoms with Crippen LogP contribution in [0.2, 0.25) is 0 Å². The first-order valence-electron chi connectivity index (χ1n) is 19.5. The summed E-state index contributed by atoms with van der Waals surface area (Å²) in [4.78, 5) is 73.2. The maximum absolute atomic E-state index is 12.8. The van der Waals surface area contributed by atoms with Gasteiger partial charge in [0.2, 0.25) is 23.7 Å². The fraction of sp³-hybridized carbons (Fsp3) is 0.400. The van der Waals surface area contributed by atoms with E-state index in [2.05, 4.69) is 78.9 Å². The minimum atomic E-state index is -0.373. The summed E-state index contributed by atoms with van der Waals surface area (Å²) in [5.41, 5.74) is 2.06. The number of carbonyl (C=O) groups excluding carboxylic acids is 2. The number of hydrogen-bond donors (Lipinski definition) is 6. The predicted molar refractivity (Wildman–Crippen MR) is 221 cm³/mol. The normalized spacial score (nSPS) is 12.3. The number of amides is 2. The van der Waals surface area contributed by atoms with Crippen LogP contribution in [-0.2, 0) is 22.7 Å². The van der Waals surface area contributed by atoms with Gasteiger partial charge in [0.05, 0.1) is 25.7 Å². The Balaban J connectivity index is 0.941. The monoisotopic (exact) mass is 794 g/mol. The van der Waals surface area contributed by atoms with Gasteiger partial charge in [-0.1, -0.05) is 64.8 Å². The molecule has 0 fully saturated rings. The van der Waals surface area contributed by atoms with Crippen LogP contribution in [0.4, 0.5) is 11.9 Å². The zero-order valence-corrected chi connectivity index (χ0v) is 33.1. The second-order valence-corrected chi connectivity index (χ2v) is 14.2. The lowest BCUT2D eigenvalue weighted by molar-refractivity contribution is -0.122. The quantitative estimate of drug-likeness (QED) is 0.0576. The van der Waals surface area contributed by atoms with E-state index in [-0.39, 0.29) is 73.4 Å². The van der Waals surface area contributed by atoms with Gasteiger partial charge in [0.25, 0.3) is 11.1 Å². The summed E-state index contributed by atoms with van der Waals surface area (Å²) in [7, 11) is 0. The van der Waals surface area contributed by atoms with E-state index in [1.54, 1.807) is 9.13 Å². The second-order valence-electron chi connectivity index (χ2n) is 14.2. The van der Waals surface area contributed by atoms with E-state index in [0.29, 0.717) is 59.6 Å². The molecular weight excluding hydrogens is 745 g/mol. The van der Waals surface area contributed by atoms with Gasteiger partial charge in [0, 0.05) is 13.1 Å². The molecule has 0 bridgehead atoms. The maximum Gasteiger partial charge on any atom is 0.280 e. The second kappa shape index (κ2) is 19.4. The van der Waals surface area contributed by atoms with E-state index < -0.39 is 0 Å². The van der Waals surface area contributed by atoms with Crippen molar-refractivity contribution in [2.24, 2.45) is 11.8 Å². The van der Waals surface area contributed by atoms with E-state index in [9.17, 15) is 19.2 Å². The van der Waals surface area contributed by atoms with Crippen LogP contribution in [-0.4, -0.2) is 90.2 Å². The summed E-state index contributed by atoms with van der Waals surface area (Å²) in [6.07, 6.45) is 4.84. The third kappa shape index (κ3) is 10.8. The number of carbonyl (C=O) groups is 2. The van der Waals surface area contributed by atoms with Gasteiger partial charge in [-0.3, -0.25) is 29.1 Å². The number of rotatable bonds is 21. The molecule has 58 heavy (non-hydrogen) atoms. The van der Waals surface area contributed by atoms with Gasteiger partial charge in [0.15, 0.2) is 22.3 Å². The molecule has 0 aliphatic heterocycles. The van der Waals surface area contributed by atoms with Crippen LogP contribution in [0.15, 0.2) is 70.8 Å². The molecule has 6 N–H and O–H groups in total. The fourth-order valence-corrected chi connectivity index (χ4v) is 5.81. The molecule has 2 atom stereocenters. The topological polar surface area (TPSA) is 228 Å². The summed E-state index contributed by atoms with van der Waals surface area (Å²) in [6, 6.07) is 15.2. The average Bonchev–Trinajstić information content (AvgIpc) is 3.83. The summed E-state index contributed by atoms with van der Waals surface area (Å²) >= 11 is 0. The molecule has 0 radical (unpaired) electrons. The molecule has 0 saturated heterocycles. The van der Waals surface area contributed by atoms with Crippen molar-refractivity contribution in [2.45, 2.75) is 53.6 Å². The predicted octanol–water partition coefficient (Wildman–Crippen LogP) is 3.53. The van der Waals surface area contributed by atoms with E-state index >= 15 is 0 Å². The molecule has 2 unspecified atom stereocenters. The van der Waals surface area contributed by atoms with Crippen molar-refractivity contribution >= 4 is 46.0 Å². The van der Waals surface area contributed by atoms with Gasteiger partial charge in [-0.25, -0.2) is 9.97 Å². The Morgan fingerprint density at radius 2 is 1.12 bits per heavy atom. The molecule has 0 spiro atoms. The highest BCUT2D eigenvalue weighted by Crippen LogP contribution is 2.27. The Morgan fingerprint density at radius 1 is 0.690 bits per heavy atom. The molecular formula is C40H50N12O6. The Hall–Kier alpha value is -6.72. The molecule has 6 rings (SSSR count). The van der Waals surface area contributed by atoms with E-state index in [4.69, 9.17) is 9.47 Å². The van der Waals surface area contributed by atoms with Crippen molar-refractivity contribution in [3.8, 4) is 22.6 Å². The van der Waals surface area contributed by atoms with E-state index in [0.717, 1.165) is 24.0 Å². The van der Waals surface area contributed by atoms with Crippen LogP contribution < -0.4 is 41.9 Å². The van der Waals surface area contributed by atoms with Gasteiger partial charge < -0.3 is 39.9 Å². The third-order valence-electron chi connectivity index (χ3n) is 9.59. The van der Waals surface area contributed by atoms with Gasteiger partial charge >= 0.3 is 0 Å². The number of fused-ring (bicyclic) bond motifs is 2. The highest BCUT2D eigenvalue weighted by Gasteiger charge is 2.15. The molecule has 0 saturated carbocycles. The van der Waals surface area contributed by atoms with Crippen LogP contribution in [0.25, 0.3) is 33.5 Å². The van der Waals surface area contributed by atoms with Crippen LogP contribution >= 0.6 is 0 Å². The fourth-order valence-electron chi connectivity index (χ4n) is 5.81. The Bertz CT molecular complexity index is 2290. The third-order valence-corrected chi connectivity index (χ3v) is 9.59. The molecule has 2 aromatic carbocycles. The van der Waals surface area contributed by atoms with Gasteiger partial charge in [-0.05, 0) is 47.2 Å². The highest BCUT2D eigenvalue weighted by molar-refractivity contribution is 5.79. The smallest absolute Gasteiger partial charge is 0.280 e. The molecule has 2 amide bonds. The first-order chi connectivity index (χ1) is 28.1. The lowest BCUT2D eigenvalue weighted by Crippen LogP contribution is -2.31. The SMILES string of the molecule is CCC(C)CNc1nc2c(ncn2CC(=O)NCCOc2cccc(-c3cccc(OCCNC(=O)Cn4cnc5c(=O)[nH]c(NCC(C)CC)nc54)c3)c2)c(=O)[nH]1. The average molecular weight is 795 g/mol. The van der Waals surface area contributed by atoms with Crippen molar-refractivity contribution in [1.82, 2.24) is 49.7 Å². The van der Waals surface area contributed by atoms with Crippen molar-refractivity contribution in [3.05, 3.63) is 81.9 Å². The summed E-state index contributed by atoms with van der Waals surface area (Å²) < 4.78 is 15.0. The zero-order valence-electron chi connectivity index (χ0n) is 33.1. The van der Waals surface area contributed by atoms with Crippen molar-refractivity contribution in [3.63, 3.8) is 0 Å². The number of imidazole rings is 2. The molecule has 6 aromatic rings. The molecule has 18 heteroatoms. The lowest BCUT2D eigenvalue weighted by atomic mass is 10.1. The van der Waals surface area contributed by atoms with Crippen LogP contribution in [0, 0.1) is 11.8 Å².